The maximum absolute atomic E-state index is 12.3. The largest absolute Gasteiger partial charge is 0.403 e. The van der Waals surface area contributed by atoms with E-state index in [4.69, 9.17) is 4.42 Å². The Morgan fingerprint density at radius 1 is 1.14 bits per heavy atom. The molecule has 2 heterocycles. The number of piperidine rings is 1. The predicted octanol–water partition coefficient (Wildman–Crippen LogP) is 4.12. The van der Waals surface area contributed by atoms with Crippen molar-refractivity contribution in [3.05, 3.63) is 30.3 Å². The molecule has 2 aliphatic rings. The van der Waals surface area contributed by atoms with E-state index in [2.05, 4.69) is 15.5 Å². The molecular formula is C19H23F3N4O2. The molecule has 4 rings (SSSR count). The third kappa shape index (κ3) is 5.97. The normalized spacial score (nSPS) is 17.6. The first-order valence-corrected chi connectivity index (χ1v) is 9.21. The van der Waals surface area contributed by atoms with E-state index in [-0.39, 0.29) is 25.4 Å². The number of carbonyl (C=O) groups is 1. The lowest BCUT2D eigenvalue weighted by Crippen LogP contribution is -2.41. The molecule has 0 bridgehead atoms. The molecule has 0 atom stereocenters. The summed E-state index contributed by atoms with van der Waals surface area (Å²) in [5, 5.41) is 10.9. The number of nitrogens with one attached hydrogen (secondary N) is 1. The molecule has 1 aromatic carbocycles. The van der Waals surface area contributed by atoms with Gasteiger partial charge in [-0.3, -0.25) is 4.79 Å². The summed E-state index contributed by atoms with van der Waals surface area (Å²) >= 11 is 0. The van der Waals surface area contributed by atoms with Gasteiger partial charge < -0.3 is 14.6 Å². The Hall–Kier alpha value is -2.58. The van der Waals surface area contributed by atoms with Crippen molar-refractivity contribution in [1.29, 1.82) is 0 Å². The van der Waals surface area contributed by atoms with E-state index in [1.807, 2.05) is 35.2 Å². The lowest BCUT2D eigenvalue weighted by atomic mass is 9.94. The standard InChI is InChI=1S/C17H20N4O2.C2H3F3/c22-14(21-10-8-17(6-7-17)9-11-21)12-18-16-20-19-15(23-16)13-4-2-1-3-5-13;1-2(3,4)5/h1-5H,6-12H2,(H,18,20);1H3. The topological polar surface area (TPSA) is 71.3 Å². The molecule has 28 heavy (non-hydrogen) atoms. The fourth-order valence-electron chi connectivity index (χ4n) is 3.16. The van der Waals surface area contributed by atoms with Gasteiger partial charge in [0.05, 0.1) is 6.54 Å². The number of amides is 1. The van der Waals surface area contributed by atoms with Crippen LogP contribution >= 0.6 is 0 Å². The number of rotatable bonds is 4. The number of likely N-dealkylation sites (tertiary alicyclic amines) is 1. The fourth-order valence-corrected chi connectivity index (χ4v) is 3.16. The Kier molecular flexibility index (Phi) is 5.90. The summed E-state index contributed by atoms with van der Waals surface area (Å²) in [7, 11) is 0. The van der Waals surface area contributed by atoms with Gasteiger partial charge in [0.25, 0.3) is 0 Å². The zero-order valence-corrected chi connectivity index (χ0v) is 15.6. The highest BCUT2D eigenvalue weighted by molar-refractivity contribution is 5.80. The SMILES string of the molecule is CC(F)(F)F.O=C(CNc1nnc(-c2ccccc2)o1)N1CCC2(CC1)CC2. The summed E-state index contributed by atoms with van der Waals surface area (Å²) in [6.45, 7) is 2.13. The second-order valence-electron chi connectivity index (χ2n) is 7.29. The molecule has 9 heteroatoms. The van der Waals surface area contributed by atoms with E-state index < -0.39 is 6.18 Å². The van der Waals surface area contributed by atoms with Crippen LogP contribution in [0.5, 0.6) is 0 Å². The Morgan fingerprint density at radius 2 is 1.75 bits per heavy atom. The lowest BCUT2D eigenvalue weighted by molar-refractivity contribution is -0.130. The number of nitrogens with zero attached hydrogens (tertiary/aromatic N) is 3. The van der Waals surface area contributed by atoms with Crippen molar-refractivity contribution >= 4 is 11.9 Å². The summed E-state index contributed by atoms with van der Waals surface area (Å²) in [4.78, 5) is 14.2. The molecule has 6 nitrogen and oxygen atoms in total. The van der Waals surface area contributed by atoms with Crippen molar-refractivity contribution in [1.82, 2.24) is 15.1 Å². The molecule has 1 aromatic heterocycles. The number of hydrogen-bond donors (Lipinski definition) is 1. The minimum absolute atomic E-state index is 0.0972. The first kappa shape index (κ1) is 20.2. The number of benzene rings is 1. The van der Waals surface area contributed by atoms with Gasteiger partial charge in [0, 0.05) is 25.6 Å². The van der Waals surface area contributed by atoms with E-state index in [9.17, 15) is 18.0 Å². The number of halogens is 3. The highest BCUT2D eigenvalue weighted by Crippen LogP contribution is 2.53. The molecule has 1 saturated carbocycles. The molecule has 0 radical (unpaired) electrons. The Morgan fingerprint density at radius 3 is 2.32 bits per heavy atom. The highest BCUT2D eigenvalue weighted by atomic mass is 19.4. The molecule has 1 spiro atoms. The third-order valence-electron chi connectivity index (χ3n) is 4.97. The van der Waals surface area contributed by atoms with Crippen LogP contribution in [-0.2, 0) is 4.79 Å². The maximum atomic E-state index is 12.3. The van der Waals surface area contributed by atoms with E-state index in [1.165, 1.54) is 12.8 Å². The van der Waals surface area contributed by atoms with Crippen molar-refractivity contribution < 1.29 is 22.4 Å². The zero-order chi connectivity index (χ0) is 20.2. The lowest BCUT2D eigenvalue weighted by Gasteiger charge is -2.32. The zero-order valence-electron chi connectivity index (χ0n) is 15.6. The van der Waals surface area contributed by atoms with Crippen LogP contribution in [0.4, 0.5) is 19.2 Å². The van der Waals surface area contributed by atoms with Crippen molar-refractivity contribution in [2.45, 2.75) is 38.8 Å². The summed E-state index contributed by atoms with van der Waals surface area (Å²) in [6, 6.07) is 9.86. The van der Waals surface area contributed by atoms with E-state index in [0.29, 0.717) is 11.3 Å². The van der Waals surface area contributed by atoms with Crippen LogP contribution in [0.2, 0.25) is 0 Å². The number of aromatic nitrogens is 2. The van der Waals surface area contributed by atoms with Crippen molar-refractivity contribution in [3.63, 3.8) is 0 Å². The molecule has 1 aliphatic heterocycles. The average molecular weight is 396 g/mol. The predicted molar refractivity (Wildman–Crippen MR) is 97.4 cm³/mol. The second-order valence-corrected chi connectivity index (χ2v) is 7.29. The van der Waals surface area contributed by atoms with E-state index in [0.717, 1.165) is 31.5 Å². The molecular weight excluding hydrogens is 373 g/mol. The smallest absolute Gasteiger partial charge is 0.386 e. The number of carbonyl (C=O) groups excluding carboxylic acids is 1. The van der Waals surface area contributed by atoms with Gasteiger partial charge in [0.15, 0.2) is 0 Å². The second kappa shape index (κ2) is 8.20. The number of alkyl halides is 3. The Bertz CT molecular complexity index is 772. The molecule has 1 aliphatic carbocycles. The minimum atomic E-state index is -4.00. The van der Waals surface area contributed by atoms with Gasteiger partial charge in [0.1, 0.15) is 0 Å². The summed E-state index contributed by atoms with van der Waals surface area (Å²) in [5.74, 6) is 0.550. The number of hydrogen-bond acceptors (Lipinski definition) is 5. The number of anilines is 1. The molecule has 1 saturated heterocycles. The Balaban J connectivity index is 0.000000403. The van der Waals surface area contributed by atoms with Gasteiger partial charge in [-0.1, -0.05) is 23.3 Å². The van der Waals surface area contributed by atoms with Crippen LogP contribution in [0.25, 0.3) is 11.5 Å². The fraction of sp³-hybridized carbons (Fsp3) is 0.526. The van der Waals surface area contributed by atoms with Crippen molar-refractivity contribution in [2.75, 3.05) is 25.0 Å². The molecule has 152 valence electrons. The molecule has 0 unspecified atom stereocenters. The third-order valence-corrected chi connectivity index (χ3v) is 4.97. The van der Waals surface area contributed by atoms with Crippen LogP contribution in [0.15, 0.2) is 34.7 Å². The van der Waals surface area contributed by atoms with Crippen LogP contribution in [0, 0.1) is 5.41 Å². The van der Waals surface area contributed by atoms with Gasteiger partial charge in [0.2, 0.25) is 11.8 Å². The monoisotopic (exact) mass is 396 g/mol. The van der Waals surface area contributed by atoms with Gasteiger partial charge in [-0.25, -0.2) is 0 Å². The molecule has 1 amide bonds. The Labute approximate surface area is 161 Å². The van der Waals surface area contributed by atoms with Crippen LogP contribution in [-0.4, -0.2) is 46.8 Å². The van der Waals surface area contributed by atoms with Crippen LogP contribution in [0.3, 0.4) is 0 Å². The minimum Gasteiger partial charge on any atom is -0.403 e. The first-order valence-electron chi connectivity index (χ1n) is 9.21. The van der Waals surface area contributed by atoms with E-state index >= 15 is 0 Å². The van der Waals surface area contributed by atoms with Crippen LogP contribution in [0.1, 0.15) is 32.6 Å². The average Bonchev–Trinajstić information content (AvgIpc) is 3.23. The molecule has 2 aromatic rings. The van der Waals surface area contributed by atoms with Crippen molar-refractivity contribution in [3.8, 4) is 11.5 Å². The molecule has 1 N–H and O–H groups in total. The summed E-state index contributed by atoms with van der Waals surface area (Å²) in [6.07, 6.45) is 0.990. The van der Waals surface area contributed by atoms with Gasteiger partial charge in [-0.15, -0.1) is 5.10 Å². The van der Waals surface area contributed by atoms with Crippen LogP contribution < -0.4 is 5.32 Å². The van der Waals surface area contributed by atoms with E-state index in [1.54, 1.807) is 0 Å². The van der Waals surface area contributed by atoms with Gasteiger partial charge in [-0.05, 0) is 43.2 Å². The maximum Gasteiger partial charge on any atom is 0.386 e. The summed E-state index contributed by atoms with van der Waals surface area (Å²) < 4.78 is 36.6. The first-order chi connectivity index (χ1) is 13.2. The highest BCUT2D eigenvalue weighted by Gasteiger charge is 2.44. The van der Waals surface area contributed by atoms with Gasteiger partial charge in [-0.2, -0.15) is 13.2 Å². The van der Waals surface area contributed by atoms with Gasteiger partial charge >= 0.3 is 12.2 Å². The quantitative estimate of drug-likeness (QED) is 0.842. The molecule has 2 fully saturated rings. The summed E-state index contributed by atoms with van der Waals surface area (Å²) in [5.41, 5.74) is 1.45. The van der Waals surface area contributed by atoms with Crippen molar-refractivity contribution in [2.24, 2.45) is 5.41 Å².